The van der Waals surface area contributed by atoms with Crippen LogP contribution in [0.3, 0.4) is 0 Å². The van der Waals surface area contributed by atoms with Gasteiger partial charge in [-0.2, -0.15) is 0 Å². The lowest BCUT2D eigenvalue weighted by Gasteiger charge is -2.21. The molecule has 0 aliphatic carbocycles. The van der Waals surface area contributed by atoms with Gasteiger partial charge < -0.3 is 20.4 Å². The molecule has 2 rings (SSSR count). The molecular weight excluding hydrogens is 255 g/mol. The normalized spacial score (nSPS) is 22.3. The van der Waals surface area contributed by atoms with Crippen molar-refractivity contribution >= 4 is 17.7 Å². The van der Waals surface area contributed by atoms with Crippen LogP contribution in [0.5, 0.6) is 0 Å². The van der Waals surface area contributed by atoms with Crippen molar-refractivity contribution in [1.29, 1.82) is 0 Å². The Kier molecular flexibility index (Phi) is 3.66. The highest BCUT2D eigenvalue weighted by atomic mass is 19.1. The Balaban J connectivity index is 2.06. The lowest BCUT2D eigenvalue weighted by molar-refractivity contribution is -0.141. The molecule has 1 aliphatic rings. The van der Waals surface area contributed by atoms with Crippen molar-refractivity contribution in [1.82, 2.24) is 4.90 Å². The van der Waals surface area contributed by atoms with E-state index in [0.717, 1.165) is 4.90 Å². The van der Waals surface area contributed by atoms with Crippen LogP contribution in [0, 0.1) is 5.82 Å². The number of hydrogen-bond donors (Lipinski definition) is 3. The number of benzene rings is 1. The summed E-state index contributed by atoms with van der Waals surface area (Å²) in [5.41, 5.74) is 0.358. The van der Waals surface area contributed by atoms with E-state index in [1.165, 1.54) is 24.3 Å². The number of carboxylic acid groups (broad SMARTS) is 1. The Morgan fingerprint density at radius 3 is 2.53 bits per heavy atom. The summed E-state index contributed by atoms with van der Waals surface area (Å²) in [6.07, 6.45) is -0.841. The van der Waals surface area contributed by atoms with Gasteiger partial charge in [-0.1, -0.05) is 0 Å². The minimum Gasteiger partial charge on any atom is -0.480 e. The fourth-order valence-corrected chi connectivity index (χ4v) is 2.00. The average Bonchev–Trinajstić information content (AvgIpc) is 2.74. The maximum atomic E-state index is 12.7. The predicted octanol–water partition coefficient (Wildman–Crippen LogP) is 0.877. The number of hydrogen-bond acceptors (Lipinski definition) is 3. The van der Waals surface area contributed by atoms with E-state index < -0.39 is 30.0 Å². The second-order valence-electron chi connectivity index (χ2n) is 4.33. The van der Waals surface area contributed by atoms with Gasteiger partial charge in [0, 0.05) is 18.7 Å². The van der Waals surface area contributed by atoms with Crippen molar-refractivity contribution < 1.29 is 24.2 Å². The molecule has 0 radical (unpaired) electrons. The van der Waals surface area contributed by atoms with Crippen LogP contribution in [0.15, 0.2) is 24.3 Å². The van der Waals surface area contributed by atoms with E-state index in [1.807, 2.05) is 0 Å². The molecule has 19 heavy (non-hydrogen) atoms. The number of carboxylic acids is 1. The number of halogens is 1. The number of amides is 2. The van der Waals surface area contributed by atoms with Gasteiger partial charge >= 0.3 is 12.0 Å². The Morgan fingerprint density at radius 2 is 1.95 bits per heavy atom. The molecule has 0 unspecified atom stereocenters. The highest BCUT2D eigenvalue weighted by molar-refractivity contribution is 5.92. The van der Waals surface area contributed by atoms with Gasteiger partial charge in [0.25, 0.3) is 0 Å². The van der Waals surface area contributed by atoms with Crippen molar-refractivity contribution in [3.63, 3.8) is 0 Å². The van der Waals surface area contributed by atoms with Crippen LogP contribution in [0.25, 0.3) is 0 Å². The summed E-state index contributed by atoms with van der Waals surface area (Å²) >= 11 is 0. The fraction of sp³-hybridized carbons (Fsp3) is 0.333. The van der Waals surface area contributed by atoms with E-state index in [2.05, 4.69) is 5.32 Å². The molecule has 7 heteroatoms. The lowest BCUT2D eigenvalue weighted by Crippen LogP contribution is -2.43. The number of nitrogens with zero attached hydrogens (tertiary/aromatic N) is 1. The maximum absolute atomic E-state index is 12.7. The number of aliphatic hydroxyl groups excluding tert-OH is 1. The number of nitrogens with one attached hydrogen (secondary N) is 1. The highest BCUT2D eigenvalue weighted by Gasteiger charge is 2.38. The number of anilines is 1. The molecule has 0 bridgehead atoms. The van der Waals surface area contributed by atoms with Gasteiger partial charge in [0.2, 0.25) is 0 Å². The molecule has 2 amide bonds. The maximum Gasteiger partial charge on any atom is 0.326 e. The van der Waals surface area contributed by atoms with Crippen LogP contribution in [-0.2, 0) is 4.79 Å². The molecule has 1 aliphatic heterocycles. The number of urea groups is 1. The van der Waals surface area contributed by atoms with Gasteiger partial charge in [0.05, 0.1) is 6.10 Å². The van der Waals surface area contributed by atoms with Crippen LogP contribution >= 0.6 is 0 Å². The highest BCUT2D eigenvalue weighted by Crippen LogP contribution is 2.19. The third-order valence-electron chi connectivity index (χ3n) is 2.92. The molecule has 0 aromatic heterocycles. The lowest BCUT2D eigenvalue weighted by atomic mass is 10.2. The summed E-state index contributed by atoms with van der Waals surface area (Å²) in [4.78, 5) is 23.9. The van der Waals surface area contributed by atoms with Gasteiger partial charge in [-0.15, -0.1) is 0 Å². The zero-order valence-corrected chi connectivity index (χ0v) is 9.91. The Hall–Kier alpha value is -2.15. The number of aliphatic hydroxyl groups is 1. The van der Waals surface area contributed by atoms with E-state index in [9.17, 15) is 19.1 Å². The second-order valence-corrected chi connectivity index (χ2v) is 4.33. The quantitative estimate of drug-likeness (QED) is 0.742. The first kappa shape index (κ1) is 13.3. The summed E-state index contributed by atoms with van der Waals surface area (Å²) < 4.78 is 12.7. The van der Waals surface area contributed by atoms with Gasteiger partial charge in [0.15, 0.2) is 0 Å². The zero-order chi connectivity index (χ0) is 14.0. The minimum atomic E-state index is -1.16. The first-order chi connectivity index (χ1) is 8.97. The Morgan fingerprint density at radius 1 is 1.32 bits per heavy atom. The summed E-state index contributed by atoms with van der Waals surface area (Å²) in [5, 5.41) is 20.9. The van der Waals surface area contributed by atoms with Crippen LogP contribution in [-0.4, -0.2) is 45.8 Å². The summed E-state index contributed by atoms with van der Waals surface area (Å²) in [6, 6.07) is 3.43. The molecule has 0 spiro atoms. The molecule has 102 valence electrons. The molecular formula is C12H13FN2O4. The summed E-state index contributed by atoms with van der Waals surface area (Å²) in [7, 11) is 0. The van der Waals surface area contributed by atoms with Crippen molar-refractivity contribution in [3.8, 4) is 0 Å². The molecule has 0 saturated carbocycles. The zero-order valence-electron chi connectivity index (χ0n) is 9.91. The van der Waals surface area contributed by atoms with E-state index in [-0.39, 0.29) is 13.0 Å². The third-order valence-corrected chi connectivity index (χ3v) is 2.92. The number of carbonyl (C=O) groups is 2. The molecule has 6 nitrogen and oxygen atoms in total. The Labute approximate surface area is 108 Å². The molecule has 1 aromatic carbocycles. The summed E-state index contributed by atoms with van der Waals surface area (Å²) in [5.74, 6) is -1.59. The molecule has 1 saturated heterocycles. The second kappa shape index (κ2) is 5.23. The van der Waals surface area contributed by atoms with E-state index in [0.29, 0.717) is 5.69 Å². The fourth-order valence-electron chi connectivity index (χ4n) is 2.00. The smallest absolute Gasteiger partial charge is 0.326 e. The number of rotatable bonds is 2. The van der Waals surface area contributed by atoms with Crippen LogP contribution in [0.1, 0.15) is 6.42 Å². The molecule has 2 atom stereocenters. The number of β-amino-alcohol motifs (C(OH)–C–C–N with tert-alkyl or cyclic N) is 1. The van der Waals surface area contributed by atoms with Crippen LogP contribution in [0.2, 0.25) is 0 Å². The van der Waals surface area contributed by atoms with Crippen molar-refractivity contribution in [3.05, 3.63) is 30.1 Å². The SMILES string of the molecule is O=C(O)[C@H]1C[C@@H](O)CN1C(=O)Nc1ccc(F)cc1. The van der Waals surface area contributed by atoms with E-state index >= 15 is 0 Å². The van der Waals surface area contributed by atoms with Gasteiger partial charge in [-0.3, -0.25) is 0 Å². The van der Waals surface area contributed by atoms with Crippen molar-refractivity contribution in [2.45, 2.75) is 18.6 Å². The standard InChI is InChI=1S/C12H13FN2O4/c13-7-1-3-8(4-2-7)14-12(19)15-6-9(16)5-10(15)11(17)18/h1-4,9-10,16H,5-6H2,(H,14,19)(H,17,18)/t9-,10-/m1/s1. The van der Waals surface area contributed by atoms with Crippen LogP contribution in [0.4, 0.5) is 14.9 Å². The minimum absolute atomic E-state index is 0.00612. The molecule has 3 N–H and O–H groups in total. The van der Waals surface area contributed by atoms with Gasteiger partial charge in [-0.05, 0) is 24.3 Å². The van der Waals surface area contributed by atoms with E-state index in [1.54, 1.807) is 0 Å². The number of aliphatic carboxylic acids is 1. The largest absolute Gasteiger partial charge is 0.480 e. The number of likely N-dealkylation sites (tertiary alicyclic amines) is 1. The third kappa shape index (κ3) is 3.00. The van der Waals surface area contributed by atoms with Crippen LogP contribution < -0.4 is 5.32 Å². The molecule has 1 fully saturated rings. The molecule has 1 heterocycles. The van der Waals surface area contributed by atoms with Gasteiger partial charge in [-0.25, -0.2) is 14.0 Å². The monoisotopic (exact) mass is 268 g/mol. The van der Waals surface area contributed by atoms with E-state index in [4.69, 9.17) is 5.11 Å². The predicted molar refractivity (Wildman–Crippen MR) is 64.2 cm³/mol. The van der Waals surface area contributed by atoms with Crippen molar-refractivity contribution in [2.75, 3.05) is 11.9 Å². The van der Waals surface area contributed by atoms with Crippen molar-refractivity contribution in [2.24, 2.45) is 0 Å². The first-order valence-electron chi connectivity index (χ1n) is 5.71. The Bertz CT molecular complexity index is 491. The topological polar surface area (TPSA) is 89.9 Å². The molecule has 1 aromatic rings. The first-order valence-corrected chi connectivity index (χ1v) is 5.71. The van der Waals surface area contributed by atoms with Gasteiger partial charge in [0.1, 0.15) is 11.9 Å². The average molecular weight is 268 g/mol. The summed E-state index contributed by atoms with van der Waals surface area (Å²) in [6.45, 7) is -0.0377. The number of carbonyl (C=O) groups excluding carboxylic acids is 1.